The molecule has 26 heavy (non-hydrogen) atoms. The highest BCUT2D eigenvalue weighted by atomic mass is 16.5. The van der Waals surface area contributed by atoms with Crippen molar-refractivity contribution in [1.29, 1.82) is 0 Å². The fraction of sp³-hybridized carbons (Fsp3) is 0.333. The van der Waals surface area contributed by atoms with Crippen LogP contribution in [0.5, 0.6) is 5.75 Å². The van der Waals surface area contributed by atoms with Crippen molar-refractivity contribution >= 4 is 11.9 Å². The molecule has 0 bridgehead atoms. The number of carboxylic acid groups (broad SMARTS) is 1. The molecule has 0 heterocycles. The fourth-order valence-electron chi connectivity index (χ4n) is 2.56. The highest BCUT2D eigenvalue weighted by molar-refractivity contribution is 5.79. The van der Waals surface area contributed by atoms with Crippen molar-refractivity contribution in [2.75, 3.05) is 13.2 Å². The molecule has 138 valence electrons. The lowest BCUT2D eigenvalue weighted by molar-refractivity contribution is -0.138. The number of hydrogen-bond donors (Lipinski definition) is 2. The van der Waals surface area contributed by atoms with Gasteiger partial charge in [0, 0.05) is 13.0 Å². The van der Waals surface area contributed by atoms with Crippen LogP contribution in [0, 0.1) is 13.8 Å². The summed E-state index contributed by atoms with van der Waals surface area (Å²) in [6.07, 6.45) is 0.869. The summed E-state index contributed by atoms with van der Waals surface area (Å²) in [5.41, 5.74) is 3.06. The standard InChI is InChI=1S/C21H25NO4/c1-15-10-11-18(13-16(15)2)26-12-6-9-20(23)22-14-19(21(24)25)17-7-4-3-5-8-17/h3-5,7-8,10-11,13,19H,6,9,12,14H2,1-2H3,(H,22,23)(H,24,25). The Labute approximate surface area is 154 Å². The second-order valence-corrected chi connectivity index (χ2v) is 6.30. The first-order chi connectivity index (χ1) is 12.5. The van der Waals surface area contributed by atoms with Crippen molar-refractivity contribution in [1.82, 2.24) is 5.32 Å². The van der Waals surface area contributed by atoms with E-state index in [0.29, 0.717) is 25.0 Å². The van der Waals surface area contributed by atoms with Crippen molar-refractivity contribution in [3.8, 4) is 5.75 Å². The van der Waals surface area contributed by atoms with Crippen molar-refractivity contribution in [2.45, 2.75) is 32.6 Å². The van der Waals surface area contributed by atoms with Gasteiger partial charge in [-0.2, -0.15) is 0 Å². The van der Waals surface area contributed by atoms with E-state index in [2.05, 4.69) is 5.32 Å². The third-order valence-electron chi connectivity index (χ3n) is 4.30. The highest BCUT2D eigenvalue weighted by Gasteiger charge is 2.20. The Balaban J connectivity index is 1.72. The summed E-state index contributed by atoms with van der Waals surface area (Å²) in [6.45, 7) is 4.59. The number of amides is 1. The zero-order chi connectivity index (χ0) is 18.9. The summed E-state index contributed by atoms with van der Waals surface area (Å²) in [6, 6.07) is 14.8. The maximum Gasteiger partial charge on any atom is 0.312 e. The minimum absolute atomic E-state index is 0.0796. The molecule has 0 saturated carbocycles. The number of aliphatic carboxylic acids is 1. The van der Waals surface area contributed by atoms with Crippen LogP contribution in [0.3, 0.4) is 0 Å². The molecule has 0 aliphatic heterocycles. The topological polar surface area (TPSA) is 75.6 Å². The van der Waals surface area contributed by atoms with Gasteiger partial charge in [0.25, 0.3) is 0 Å². The lowest BCUT2D eigenvalue weighted by atomic mass is 9.99. The maximum absolute atomic E-state index is 12.0. The Kier molecular flexibility index (Phi) is 7.21. The molecule has 2 N–H and O–H groups in total. The molecule has 0 spiro atoms. The number of aryl methyl sites for hydroxylation is 2. The molecule has 2 rings (SSSR count). The number of rotatable bonds is 9. The van der Waals surface area contributed by atoms with Crippen molar-refractivity contribution in [3.63, 3.8) is 0 Å². The van der Waals surface area contributed by atoms with Crippen LogP contribution in [0.1, 0.15) is 35.4 Å². The molecule has 2 aromatic rings. The number of nitrogens with one attached hydrogen (secondary N) is 1. The predicted octanol–water partition coefficient (Wildman–Crippen LogP) is 3.45. The van der Waals surface area contributed by atoms with Gasteiger partial charge in [0.1, 0.15) is 5.75 Å². The summed E-state index contributed by atoms with van der Waals surface area (Å²) in [4.78, 5) is 23.4. The largest absolute Gasteiger partial charge is 0.494 e. The third-order valence-corrected chi connectivity index (χ3v) is 4.30. The van der Waals surface area contributed by atoms with E-state index >= 15 is 0 Å². The molecule has 0 aromatic heterocycles. The van der Waals surface area contributed by atoms with Crippen LogP contribution in [-0.2, 0) is 9.59 Å². The van der Waals surface area contributed by atoms with Crippen LogP contribution in [-0.4, -0.2) is 30.1 Å². The van der Waals surface area contributed by atoms with E-state index in [-0.39, 0.29) is 12.5 Å². The molecule has 2 aromatic carbocycles. The van der Waals surface area contributed by atoms with Crippen LogP contribution in [0.2, 0.25) is 0 Å². The molecular formula is C21H25NO4. The van der Waals surface area contributed by atoms with Crippen molar-refractivity contribution < 1.29 is 19.4 Å². The van der Waals surface area contributed by atoms with E-state index in [1.54, 1.807) is 24.3 Å². The maximum atomic E-state index is 12.0. The lowest BCUT2D eigenvalue weighted by Crippen LogP contribution is -2.31. The molecule has 0 aliphatic carbocycles. The van der Waals surface area contributed by atoms with Gasteiger partial charge in [-0.3, -0.25) is 9.59 Å². The number of carbonyl (C=O) groups is 2. The van der Waals surface area contributed by atoms with Crippen molar-refractivity contribution in [3.05, 3.63) is 65.2 Å². The van der Waals surface area contributed by atoms with Gasteiger partial charge < -0.3 is 15.2 Å². The first kappa shape index (κ1) is 19.5. The monoisotopic (exact) mass is 355 g/mol. The summed E-state index contributed by atoms with van der Waals surface area (Å²) < 4.78 is 5.65. The predicted molar refractivity (Wildman–Crippen MR) is 100 cm³/mol. The van der Waals surface area contributed by atoms with Gasteiger partial charge >= 0.3 is 5.97 Å². The van der Waals surface area contributed by atoms with Gasteiger partial charge in [0.2, 0.25) is 5.91 Å². The summed E-state index contributed by atoms with van der Waals surface area (Å²) in [5, 5.41) is 12.1. The van der Waals surface area contributed by atoms with E-state index in [4.69, 9.17) is 4.74 Å². The first-order valence-corrected chi connectivity index (χ1v) is 8.72. The van der Waals surface area contributed by atoms with Crippen LogP contribution in [0.25, 0.3) is 0 Å². The Morgan fingerprint density at radius 3 is 2.46 bits per heavy atom. The SMILES string of the molecule is Cc1ccc(OCCCC(=O)NCC(C(=O)O)c2ccccc2)cc1C. The van der Waals surface area contributed by atoms with Gasteiger partial charge in [-0.15, -0.1) is 0 Å². The normalized spacial score (nSPS) is 11.6. The molecule has 5 nitrogen and oxygen atoms in total. The van der Waals surface area contributed by atoms with Gasteiger partial charge in [0.15, 0.2) is 0 Å². The number of carboxylic acids is 1. The molecule has 5 heteroatoms. The zero-order valence-electron chi connectivity index (χ0n) is 15.2. The van der Waals surface area contributed by atoms with E-state index in [1.807, 2.05) is 38.1 Å². The lowest BCUT2D eigenvalue weighted by Gasteiger charge is -2.14. The van der Waals surface area contributed by atoms with E-state index in [1.165, 1.54) is 11.1 Å². The summed E-state index contributed by atoms with van der Waals surface area (Å²) in [7, 11) is 0. The molecule has 0 radical (unpaired) electrons. The van der Waals surface area contributed by atoms with E-state index in [0.717, 1.165) is 5.75 Å². The number of carbonyl (C=O) groups excluding carboxylic acids is 1. The Morgan fingerprint density at radius 1 is 1.08 bits per heavy atom. The minimum atomic E-state index is -0.949. The quantitative estimate of drug-likeness (QED) is 0.676. The first-order valence-electron chi connectivity index (χ1n) is 8.72. The van der Waals surface area contributed by atoms with Gasteiger partial charge in [-0.05, 0) is 49.1 Å². The summed E-state index contributed by atoms with van der Waals surface area (Å²) in [5.74, 6) is -1.07. The number of ether oxygens (including phenoxy) is 1. The summed E-state index contributed by atoms with van der Waals surface area (Å²) >= 11 is 0. The molecule has 1 amide bonds. The zero-order valence-corrected chi connectivity index (χ0v) is 15.2. The van der Waals surface area contributed by atoms with E-state index in [9.17, 15) is 14.7 Å². The second-order valence-electron chi connectivity index (χ2n) is 6.30. The molecule has 0 fully saturated rings. The van der Waals surface area contributed by atoms with Gasteiger partial charge in [-0.25, -0.2) is 0 Å². The Hall–Kier alpha value is -2.82. The fourth-order valence-corrected chi connectivity index (χ4v) is 2.56. The molecule has 1 atom stereocenters. The van der Waals surface area contributed by atoms with Gasteiger partial charge in [-0.1, -0.05) is 36.4 Å². The molecule has 0 aliphatic rings. The minimum Gasteiger partial charge on any atom is -0.494 e. The number of hydrogen-bond acceptors (Lipinski definition) is 3. The third kappa shape index (κ3) is 5.92. The smallest absolute Gasteiger partial charge is 0.312 e. The van der Waals surface area contributed by atoms with Crippen LogP contribution in [0.15, 0.2) is 48.5 Å². The highest BCUT2D eigenvalue weighted by Crippen LogP contribution is 2.17. The molecular weight excluding hydrogens is 330 g/mol. The second kappa shape index (κ2) is 9.61. The average Bonchev–Trinajstić information content (AvgIpc) is 2.62. The van der Waals surface area contributed by atoms with Crippen LogP contribution >= 0.6 is 0 Å². The molecule has 0 saturated heterocycles. The van der Waals surface area contributed by atoms with Crippen molar-refractivity contribution in [2.24, 2.45) is 0 Å². The number of benzene rings is 2. The van der Waals surface area contributed by atoms with Crippen LogP contribution in [0.4, 0.5) is 0 Å². The average molecular weight is 355 g/mol. The molecule has 1 unspecified atom stereocenters. The Bertz CT molecular complexity index is 743. The van der Waals surface area contributed by atoms with Gasteiger partial charge in [0.05, 0.1) is 12.5 Å². The Morgan fingerprint density at radius 2 is 1.81 bits per heavy atom. The van der Waals surface area contributed by atoms with E-state index < -0.39 is 11.9 Å². The van der Waals surface area contributed by atoms with Crippen LogP contribution < -0.4 is 10.1 Å².